The van der Waals surface area contributed by atoms with Gasteiger partial charge in [-0.15, -0.1) is 0 Å². The average Bonchev–Trinajstić information content (AvgIpc) is 2.61. The standard InChI is InChI=1S/C21H20O4/c1-3-24-20-16-11-7-8-12-18(16)25-21(23)19(20)17(13-14(2)22)15-9-5-4-6-10-15/h4-12,17H,3,13H2,1-2H3. The van der Waals surface area contributed by atoms with Gasteiger partial charge in [0.1, 0.15) is 17.1 Å². The van der Waals surface area contributed by atoms with E-state index in [2.05, 4.69) is 0 Å². The summed E-state index contributed by atoms with van der Waals surface area (Å²) >= 11 is 0. The van der Waals surface area contributed by atoms with Crippen LogP contribution in [0.25, 0.3) is 11.0 Å². The van der Waals surface area contributed by atoms with E-state index in [-0.39, 0.29) is 12.2 Å². The van der Waals surface area contributed by atoms with E-state index in [1.807, 2.05) is 55.5 Å². The number of ketones is 1. The number of hydrogen-bond acceptors (Lipinski definition) is 4. The van der Waals surface area contributed by atoms with Gasteiger partial charge in [-0.2, -0.15) is 0 Å². The summed E-state index contributed by atoms with van der Waals surface area (Å²) < 4.78 is 11.4. The topological polar surface area (TPSA) is 56.5 Å². The Kier molecular flexibility index (Phi) is 4.98. The van der Waals surface area contributed by atoms with Crippen molar-refractivity contribution in [1.29, 1.82) is 0 Å². The fraction of sp³-hybridized carbons (Fsp3) is 0.238. The van der Waals surface area contributed by atoms with Gasteiger partial charge in [0.2, 0.25) is 0 Å². The number of carbonyl (C=O) groups is 1. The van der Waals surface area contributed by atoms with E-state index in [4.69, 9.17) is 9.15 Å². The number of rotatable bonds is 6. The Morgan fingerprint density at radius 3 is 2.44 bits per heavy atom. The number of benzene rings is 2. The molecule has 1 unspecified atom stereocenters. The van der Waals surface area contributed by atoms with Crippen LogP contribution in [0.2, 0.25) is 0 Å². The van der Waals surface area contributed by atoms with Crippen molar-refractivity contribution in [2.75, 3.05) is 6.61 Å². The summed E-state index contributed by atoms with van der Waals surface area (Å²) in [6.45, 7) is 3.82. The molecule has 0 N–H and O–H groups in total. The van der Waals surface area contributed by atoms with Crippen molar-refractivity contribution >= 4 is 16.8 Å². The molecule has 0 amide bonds. The quantitative estimate of drug-likeness (QED) is 0.630. The van der Waals surface area contributed by atoms with Crippen LogP contribution in [0.15, 0.2) is 63.8 Å². The van der Waals surface area contributed by atoms with E-state index >= 15 is 0 Å². The third kappa shape index (κ3) is 3.48. The van der Waals surface area contributed by atoms with Gasteiger partial charge in [0.15, 0.2) is 0 Å². The molecule has 0 spiro atoms. The fourth-order valence-electron chi connectivity index (χ4n) is 3.10. The Balaban J connectivity index is 2.30. The minimum atomic E-state index is -0.461. The van der Waals surface area contributed by atoms with Gasteiger partial charge >= 0.3 is 5.63 Å². The molecule has 3 rings (SSSR count). The second-order valence-corrected chi connectivity index (χ2v) is 5.93. The van der Waals surface area contributed by atoms with Crippen LogP contribution < -0.4 is 10.4 Å². The molecule has 0 aliphatic rings. The van der Waals surface area contributed by atoms with Gasteiger partial charge in [-0.25, -0.2) is 4.79 Å². The van der Waals surface area contributed by atoms with Crippen molar-refractivity contribution < 1.29 is 13.9 Å². The second-order valence-electron chi connectivity index (χ2n) is 5.93. The summed E-state index contributed by atoms with van der Waals surface area (Å²) in [5.74, 6) is 0.106. The predicted octanol–water partition coefficient (Wildman–Crippen LogP) is 4.30. The van der Waals surface area contributed by atoms with E-state index < -0.39 is 11.5 Å². The van der Waals surface area contributed by atoms with Crippen molar-refractivity contribution in [2.45, 2.75) is 26.2 Å². The number of ether oxygens (including phenoxy) is 1. The molecule has 1 aromatic heterocycles. The summed E-state index contributed by atoms with van der Waals surface area (Å²) in [5, 5.41) is 0.739. The molecule has 1 heterocycles. The van der Waals surface area contributed by atoms with E-state index in [9.17, 15) is 9.59 Å². The molecule has 0 aliphatic heterocycles. The number of hydrogen-bond donors (Lipinski definition) is 0. The van der Waals surface area contributed by atoms with Crippen LogP contribution in [-0.4, -0.2) is 12.4 Å². The SMILES string of the molecule is CCOc1c(C(CC(C)=O)c2ccccc2)c(=O)oc2ccccc12. The van der Waals surface area contributed by atoms with Crippen LogP contribution in [0.4, 0.5) is 0 Å². The lowest BCUT2D eigenvalue weighted by Crippen LogP contribution is -2.18. The Morgan fingerprint density at radius 2 is 1.76 bits per heavy atom. The van der Waals surface area contributed by atoms with E-state index in [1.165, 1.54) is 6.92 Å². The highest BCUT2D eigenvalue weighted by Crippen LogP contribution is 2.37. The van der Waals surface area contributed by atoms with Crippen LogP contribution in [0.3, 0.4) is 0 Å². The van der Waals surface area contributed by atoms with E-state index in [0.717, 1.165) is 10.9 Å². The highest BCUT2D eigenvalue weighted by atomic mass is 16.5. The summed E-state index contributed by atoms with van der Waals surface area (Å²) in [6, 6.07) is 16.8. The van der Waals surface area contributed by atoms with Crippen molar-refractivity contribution in [2.24, 2.45) is 0 Å². The zero-order valence-corrected chi connectivity index (χ0v) is 14.3. The molecule has 0 saturated heterocycles. The van der Waals surface area contributed by atoms with Crippen LogP contribution in [0.1, 0.15) is 37.3 Å². The van der Waals surface area contributed by atoms with Gasteiger partial charge in [0.25, 0.3) is 0 Å². The van der Waals surface area contributed by atoms with Gasteiger partial charge in [-0.05, 0) is 31.5 Å². The van der Waals surface area contributed by atoms with Crippen LogP contribution >= 0.6 is 0 Å². The van der Waals surface area contributed by atoms with Crippen molar-refractivity contribution in [3.05, 3.63) is 76.1 Å². The summed E-state index contributed by atoms with van der Waals surface area (Å²) in [5.41, 5.74) is 1.31. The van der Waals surface area contributed by atoms with Gasteiger partial charge in [0.05, 0.1) is 17.6 Å². The maximum absolute atomic E-state index is 12.8. The maximum atomic E-state index is 12.8. The molecule has 128 valence electrons. The van der Waals surface area contributed by atoms with Crippen LogP contribution in [-0.2, 0) is 4.79 Å². The smallest absolute Gasteiger partial charge is 0.343 e. The number of Topliss-reactive ketones (excluding diaryl/α,β-unsaturated/α-hetero) is 1. The Labute approximate surface area is 146 Å². The largest absolute Gasteiger partial charge is 0.493 e. The van der Waals surface area contributed by atoms with E-state index in [1.54, 1.807) is 6.07 Å². The second kappa shape index (κ2) is 7.34. The zero-order chi connectivity index (χ0) is 17.8. The Hall–Kier alpha value is -2.88. The molecule has 0 fully saturated rings. The van der Waals surface area contributed by atoms with Gasteiger partial charge < -0.3 is 9.15 Å². The number of para-hydroxylation sites is 1. The molecule has 3 aromatic rings. The lowest BCUT2D eigenvalue weighted by atomic mass is 9.87. The third-order valence-corrected chi connectivity index (χ3v) is 4.13. The third-order valence-electron chi connectivity index (χ3n) is 4.13. The molecule has 1 atom stereocenters. The summed E-state index contributed by atoms with van der Waals surface area (Å²) in [7, 11) is 0. The molecule has 0 saturated carbocycles. The first-order valence-corrected chi connectivity index (χ1v) is 8.34. The molecule has 0 bridgehead atoms. The predicted molar refractivity (Wildman–Crippen MR) is 97.2 cm³/mol. The van der Waals surface area contributed by atoms with Crippen LogP contribution in [0.5, 0.6) is 5.75 Å². The monoisotopic (exact) mass is 336 g/mol. The normalized spacial score (nSPS) is 12.1. The lowest BCUT2D eigenvalue weighted by molar-refractivity contribution is -0.117. The molecule has 0 radical (unpaired) electrons. The Morgan fingerprint density at radius 1 is 1.08 bits per heavy atom. The first-order valence-electron chi connectivity index (χ1n) is 8.34. The zero-order valence-electron chi connectivity index (χ0n) is 14.3. The van der Waals surface area contributed by atoms with Crippen molar-refractivity contribution in [1.82, 2.24) is 0 Å². The highest BCUT2D eigenvalue weighted by Gasteiger charge is 2.26. The molecule has 4 heteroatoms. The number of fused-ring (bicyclic) bond motifs is 1. The van der Waals surface area contributed by atoms with Gasteiger partial charge in [0, 0.05) is 12.3 Å². The summed E-state index contributed by atoms with van der Waals surface area (Å²) in [6.07, 6.45) is 0.215. The van der Waals surface area contributed by atoms with Crippen LogP contribution in [0, 0.1) is 0 Å². The Bertz CT molecular complexity index is 941. The summed E-state index contributed by atoms with van der Waals surface area (Å²) in [4.78, 5) is 24.6. The molecular weight excluding hydrogens is 316 g/mol. The van der Waals surface area contributed by atoms with E-state index in [0.29, 0.717) is 23.5 Å². The molecule has 25 heavy (non-hydrogen) atoms. The average molecular weight is 336 g/mol. The van der Waals surface area contributed by atoms with Gasteiger partial charge in [-0.1, -0.05) is 42.5 Å². The van der Waals surface area contributed by atoms with Crippen molar-refractivity contribution in [3.63, 3.8) is 0 Å². The van der Waals surface area contributed by atoms with Gasteiger partial charge in [-0.3, -0.25) is 4.79 Å². The first kappa shape index (κ1) is 17.0. The molecular formula is C21H20O4. The molecule has 4 nitrogen and oxygen atoms in total. The molecule has 0 aliphatic carbocycles. The highest BCUT2D eigenvalue weighted by molar-refractivity contribution is 5.85. The number of carbonyl (C=O) groups excluding carboxylic acids is 1. The lowest BCUT2D eigenvalue weighted by Gasteiger charge is -2.19. The minimum absolute atomic E-state index is 0.00357. The minimum Gasteiger partial charge on any atom is -0.493 e. The fourth-order valence-corrected chi connectivity index (χ4v) is 3.10. The van der Waals surface area contributed by atoms with Crippen molar-refractivity contribution in [3.8, 4) is 5.75 Å². The molecule has 2 aromatic carbocycles. The maximum Gasteiger partial charge on any atom is 0.343 e. The first-order chi connectivity index (χ1) is 12.1.